The summed E-state index contributed by atoms with van der Waals surface area (Å²) in [5.74, 6) is 0. The van der Waals surface area contributed by atoms with Gasteiger partial charge >= 0.3 is 0 Å². The van der Waals surface area contributed by atoms with Crippen molar-refractivity contribution >= 4 is 23.9 Å². The Morgan fingerprint density at radius 3 is 1.00 bits per heavy atom. The average molecular weight is 274 g/mol. The Labute approximate surface area is 126 Å². The molecule has 0 aliphatic rings. The third-order valence-electron chi connectivity index (χ3n) is 2.10. The van der Waals surface area contributed by atoms with Gasteiger partial charge in [-0.15, -0.1) is 0 Å². The summed E-state index contributed by atoms with van der Waals surface area (Å²) in [6.07, 6.45) is 0. The zero-order valence-corrected chi connectivity index (χ0v) is 14.9. The van der Waals surface area contributed by atoms with Crippen molar-refractivity contribution in [3.8, 4) is 0 Å². The highest BCUT2D eigenvalue weighted by Gasteiger charge is 1.91. The Hall–Kier alpha value is -1.56. The summed E-state index contributed by atoms with van der Waals surface area (Å²) in [5.41, 5.74) is 0. The first-order valence-electron chi connectivity index (χ1n) is 7.95. The van der Waals surface area contributed by atoms with Crippen LogP contribution in [0.3, 0.4) is 0 Å². The molecule has 0 saturated heterocycles. The van der Waals surface area contributed by atoms with Crippen molar-refractivity contribution in [2.75, 3.05) is 0 Å². The average Bonchev–Trinajstić information content (AvgIpc) is 2.59. The molecule has 0 radical (unpaired) electrons. The quantitative estimate of drug-likeness (QED) is 0.572. The minimum absolute atomic E-state index is 1.07. The Kier molecular flexibility index (Phi) is 20.5. The van der Waals surface area contributed by atoms with E-state index in [-0.39, 0.29) is 0 Å². The molecule has 2 aromatic rings. The van der Waals surface area contributed by atoms with Gasteiger partial charge in [0, 0.05) is 0 Å². The van der Waals surface area contributed by atoms with Crippen molar-refractivity contribution in [2.45, 2.75) is 55.4 Å². The molecule has 0 saturated carbocycles. The lowest BCUT2D eigenvalue weighted by atomic mass is 10.1. The van der Waals surface area contributed by atoms with Gasteiger partial charge in [-0.3, -0.25) is 0 Å². The van der Waals surface area contributed by atoms with Gasteiger partial charge in [0.1, 0.15) is 0 Å². The zero-order valence-electron chi connectivity index (χ0n) is 14.9. The van der Waals surface area contributed by atoms with Gasteiger partial charge in [-0.05, 0) is 21.2 Å². The lowest BCUT2D eigenvalue weighted by molar-refractivity contribution is 1.50. The van der Waals surface area contributed by atoms with E-state index in [0.717, 1.165) is 10.4 Å². The second-order valence-corrected chi connectivity index (χ2v) is 2.93. The molecule has 0 bridgehead atoms. The third-order valence-corrected chi connectivity index (χ3v) is 2.10. The van der Waals surface area contributed by atoms with Crippen molar-refractivity contribution in [1.29, 1.82) is 0 Å². The molecule has 0 N–H and O–H groups in total. The summed E-state index contributed by atoms with van der Waals surface area (Å²) in [6.45, 7) is 23.9. The van der Waals surface area contributed by atoms with Gasteiger partial charge < -0.3 is 0 Å². The summed E-state index contributed by atoms with van der Waals surface area (Å²) in [4.78, 5) is 0. The molecule has 0 heteroatoms. The second kappa shape index (κ2) is 17.4. The zero-order chi connectivity index (χ0) is 16.6. The largest absolute Gasteiger partial charge is 0.0911 e. The lowest BCUT2D eigenvalue weighted by Crippen LogP contribution is -2.07. The molecule has 20 heavy (non-hydrogen) atoms. The van der Waals surface area contributed by atoms with E-state index in [2.05, 4.69) is 25.3 Å². The lowest BCUT2D eigenvalue weighted by Gasteiger charge is -1.96. The van der Waals surface area contributed by atoms with E-state index in [1.165, 1.54) is 10.8 Å². The van der Waals surface area contributed by atoms with Crippen molar-refractivity contribution < 1.29 is 0 Å². The predicted molar refractivity (Wildman–Crippen MR) is 99.6 cm³/mol. The van der Waals surface area contributed by atoms with Gasteiger partial charge in [-0.2, -0.15) is 0 Å². The smallest absolute Gasteiger partial charge is 0.0112 e. The fourth-order valence-electron chi connectivity index (χ4n) is 1.42. The standard InChI is InChI=1S/C12H10.4C2H6/c1-9-7-8-10(2)12-6-4-3-5-11(9)12;4*1-2/h3-8H,1-2H2;4*1-2H3. The molecule has 0 spiro atoms. The van der Waals surface area contributed by atoms with Crippen LogP contribution in [0.4, 0.5) is 0 Å². The fourth-order valence-corrected chi connectivity index (χ4v) is 1.42. The van der Waals surface area contributed by atoms with Crippen LogP contribution in [-0.4, -0.2) is 0 Å². The first kappa shape index (κ1) is 23.5. The fraction of sp³-hybridized carbons (Fsp3) is 0.400. The molecule has 0 aromatic heterocycles. The Morgan fingerprint density at radius 2 is 0.750 bits per heavy atom. The maximum absolute atomic E-state index is 3.96. The molecule has 114 valence electrons. The maximum Gasteiger partial charge on any atom is -0.0112 e. The normalized spacial score (nSPS) is 7.40. The topological polar surface area (TPSA) is 0 Å². The number of benzene rings is 2. The minimum Gasteiger partial charge on any atom is -0.0911 e. The van der Waals surface area contributed by atoms with E-state index in [0.29, 0.717) is 0 Å². The molecule has 0 amide bonds. The molecule has 0 unspecified atom stereocenters. The molecule has 0 aliphatic carbocycles. The first-order chi connectivity index (χ1) is 9.79. The number of hydrogen-bond acceptors (Lipinski definition) is 0. The van der Waals surface area contributed by atoms with Crippen LogP contribution < -0.4 is 10.4 Å². The highest BCUT2D eigenvalue weighted by atomic mass is 14.0. The SMILES string of the molecule is C=c1ccc(=C)c2ccccc12.CC.CC.CC.CC. The molecule has 0 atom stereocenters. The highest BCUT2D eigenvalue weighted by Crippen LogP contribution is 2.02. The summed E-state index contributed by atoms with van der Waals surface area (Å²) < 4.78 is 0. The van der Waals surface area contributed by atoms with E-state index >= 15 is 0 Å². The van der Waals surface area contributed by atoms with Crippen LogP contribution in [0.5, 0.6) is 0 Å². The monoisotopic (exact) mass is 274 g/mol. The predicted octanol–water partition coefficient (Wildman–Crippen LogP) is 5.77. The van der Waals surface area contributed by atoms with Gasteiger partial charge in [0.2, 0.25) is 0 Å². The van der Waals surface area contributed by atoms with Gasteiger partial charge in [0.15, 0.2) is 0 Å². The molecule has 0 heterocycles. The molecule has 0 nitrogen and oxygen atoms in total. The van der Waals surface area contributed by atoms with Crippen LogP contribution in [0.15, 0.2) is 36.4 Å². The van der Waals surface area contributed by atoms with E-state index in [1.54, 1.807) is 0 Å². The highest BCUT2D eigenvalue weighted by molar-refractivity contribution is 5.83. The van der Waals surface area contributed by atoms with Gasteiger partial charge in [-0.1, -0.05) is 105 Å². The van der Waals surface area contributed by atoms with Crippen molar-refractivity contribution in [3.05, 3.63) is 46.8 Å². The third kappa shape index (κ3) is 7.78. The number of rotatable bonds is 0. The molecule has 2 rings (SSSR count). The molecule has 2 aromatic carbocycles. The van der Waals surface area contributed by atoms with Crippen LogP contribution in [0.1, 0.15) is 55.4 Å². The van der Waals surface area contributed by atoms with Crippen LogP contribution in [0, 0.1) is 0 Å². The molecule has 0 aliphatic heterocycles. The Morgan fingerprint density at radius 1 is 0.500 bits per heavy atom. The van der Waals surface area contributed by atoms with Crippen molar-refractivity contribution in [1.82, 2.24) is 0 Å². The van der Waals surface area contributed by atoms with Crippen LogP contribution in [0.25, 0.3) is 23.9 Å². The van der Waals surface area contributed by atoms with Crippen LogP contribution in [0.2, 0.25) is 0 Å². The summed E-state index contributed by atoms with van der Waals surface area (Å²) in [5, 5.41) is 4.53. The molecular formula is C20H34. The van der Waals surface area contributed by atoms with Gasteiger partial charge in [0.05, 0.1) is 0 Å². The molecule has 0 fully saturated rings. The Balaban J connectivity index is -0.000000314. The van der Waals surface area contributed by atoms with Crippen molar-refractivity contribution in [3.63, 3.8) is 0 Å². The maximum atomic E-state index is 3.96. The summed E-state index contributed by atoms with van der Waals surface area (Å²) >= 11 is 0. The van der Waals surface area contributed by atoms with Gasteiger partial charge in [-0.25, -0.2) is 0 Å². The number of hydrogen-bond donors (Lipinski definition) is 0. The van der Waals surface area contributed by atoms with Crippen molar-refractivity contribution in [2.24, 2.45) is 0 Å². The number of fused-ring (bicyclic) bond motifs is 1. The Bertz CT molecular complexity index is 461. The van der Waals surface area contributed by atoms with E-state index in [1.807, 2.05) is 79.7 Å². The van der Waals surface area contributed by atoms with Crippen LogP contribution >= 0.6 is 0 Å². The summed E-state index contributed by atoms with van der Waals surface area (Å²) in [6, 6.07) is 12.2. The minimum atomic E-state index is 1.07. The first-order valence-corrected chi connectivity index (χ1v) is 7.95. The van der Waals surface area contributed by atoms with E-state index < -0.39 is 0 Å². The van der Waals surface area contributed by atoms with E-state index in [9.17, 15) is 0 Å². The second-order valence-electron chi connectivity index (χ2n) is 2.93. The molecular weight excluding hydrogens is 240 g/mol. The van der Waals surface area contributed by atoms with E-state index in [4.69, 9.17) is 0 Å². The van der Waals surface area contributed by atoms with Gasteiger partial charge in [0.25, 0.3) is 0 Å². The van der Waals surface area contributed by atoms with Crippen LogP contribution in [-0.2, 0) is 0 Å². The summed E-state index contributed by atoms with van der Waals surface area (Å²) in [7, 11) is 0.